The van der Waals surface area contributed by atoms with Gasteiger partial charge in [0, 0.05) is 5.92 Å². The van der Waals surface area contributed by atoms with Crippen LogP contribution in [0.15, 0.2) is 53.3 Å². The first-order valence-electron chi connectivity index (χ1n) is 9.41. The molecule has 0 N–H and O–H groups in total. The fourth-order valence-electron chi connectivity index (χ4n) is 3.66. The molecular formula is C23H28O3. The highest BCUT2D eigenvalue weighted by Crippen LogP contribution is 2.45. The average Bonchev–Trinajstić information content (AvgIpc) is 2.62. The summed E-state index contributed by atoms with van der Waals surface area (Å²) in [4.78, 5) is 11.7. The van der Waals surface area contributed by atoms with E-state index in [0.29, 0.717) is 23.5 Å². The minimum Gasteiger partial charge on any atom is -0.498 e. The average molecular weight is 352 g/mol. The van der Waals surface area contributed by atoms with Gasteiger partial charge in [0.1, 0.15) is 5.76 Å². The van der Waals surface area contributed by atoms with Crippen molar-refractivity contribution in [2.45, 2.75) is 40.5 Å². The summed E-state index contributed by atoms with van der Waals surface area (Å²) in [5.41, 5.74) is 4.38. The van der Waals surface area contributed by atoms with E-state index in [4.69, 9.17) is 9.47 Å². The second-order valence-electron chi connectivity index (χ2n) is 7.75. The number of carbonyl (C=O) groups excluding carboxylic acids is 1. The predicted molar refractivity (Wildman–Crippen MR) is 105 cm³/mol. The molecule has 1 fully saturated rings. The summed E-state index contributed by atoms with van der Waals surface area (Å²) in [6.45, 7) is 9.80. The topological polar surface area (TPSA) is 35.5 Å². The predicted octanol–water partition coefficient (Wildman–Crippen LogP) is 5.54. The summed E-state index contributed by atoms with van der Waals surface area (Å²) in [5, 5.41) is 0. The zero-order valence-corrected chi connectivity index (χ0v) is 16.2. The van der Waals surface area contributed by atoms with Crippen molar-refractivity contribution in [3.05, 3.63) is 64.4 Å². The van der Waals surface area contributed by atoms with Gasteiger partial charge in [-0.1, -0.05) is 38.1 Å². The number of hydrogen-bond donors (Lipinski definition) is 0. The van der Waals surface area contributed by atoms with Gasteiger partial charge in [-0.2, -0.15) is 0 Å². The van der Waals surface area contributed by atoms with Gasteiger partial charge in [-0.05, 0) is 67.0 Å². The molecule has 3 rings (SSSR count). The van der Waals surface area contributed by atoms with Crippen LogP contribution < -0.4 is 0 Å². The Bertz CT molecular complexity index is 763. The van der Waals surface area contributed by atoms with Gasteiger partial charge in [-0.25, -0.2) is 4.79 Å². The molecule has 1 heterocycles. The van der Waals surface area contributed by atoms with Gasteiger partial charge < -0.3 is 9.47 Å². The molecule has 0 amide bonds. The Kier molecular flexibility index (Phi) is 5.36. The summed E-state index contributed by atoms with van der Waals surface area (Å²) < 4.78 is 11.0. The quantitative estimate of drug-likeness (QED) is 0.667. The number of allylic oxidation sites excluding steroid dienone is 5. The molecule has 0 spiro atoms. The molecule has 2 aliphatic rings. The zero-order chi connectivity index (χ0) is 18.7. The lowest BCUT2D eigenvalue weighted by molar-refractivity contribution is 0.0356. The molecule has 1 aliphatic carbocycles. The summed E-state index contributed by atoms with van der Waals surface area (Å²) in [6, 6.07) is 7.53. The Morgan fingerprint density at radius 1 is 1.31 bits per heavy atom. The summed E-state index contributed by atoms with van der Waals surface area (Å²) in [6.07, 6.45) is 8.81. The van der Waals surface area contributed by atoms with Gasteiger partial charge >= 0.3 is 5.97 Å². The van der Waals surface area contributed by atoms with E-state index >= 15 is 0 Å². The van der Waals surface area contributed by atoms with E-state index in [1.165, 1.54) is 11.1 Å². The number of benzene rings is 1. The van der Waals surface area contributed by atoms with Crippen molar-refractivity contribution in [2.75, 3.05) is 13.2 Å². The minimum atomic E-state index is -0.275. The van der Waals surface area contributed by atoms with Crippen LogP contribution >= 0.6 is 0 Å². The van der Waals surface area contributed by atoms with Crippen LogP contribution in [0.1, 0.15) is 56.5 Å². The van der Waals surface area contributed by atoms with Crippen LogP contribution in [0.2, 0.25) is 0 Å². The fraction of sp³-hybridized carbons (Fsp3) is 0.435. The van der Waals surface area contributed by atoms with Crippen molar-refractivity contribution >= 4 is 12.0 Å². The van der Waals surface area contributed by atoms with Crippen molar-refractivity contribution in [1.29, 1.82) is 0 Å². The highest BCUT2D eigenvalue weighted by molar-refractivity contribution is 5.89. The van der Waals surface area contributed by atoms with Gasteiger partial charge in [0.05, 0.1) is 18.8 Å². The molecule has 0 bridgehead atoms. The fourth-order valence-corrected chi connectivity index (χ4v) is 3.66. The Hall–Kier alpha value is -2.29. The molecule has 138 valence electrons. The summed E-state index contributed by atoms with van der Waals surface area (Å²) in [5.74, 6) is 1.34. The first kappa shape index (κ1) is 18.5. The Balaban J connectivity index is 1.75. The van der Waals surface area contributed by atoms with Crippen LogP contribution in [-0.2, 0) is 9.47 Å². The largest absolute Gasteiger partial charge is 0.498 e. The third-order valence-electron chi connectivity index (χ3n) is 5.43. The zero-order valence-electron chi connectivity index (χ0n) is 16.2. The molecule has 3 nitrogen and oxygen atoms in total. The maximum atomic E-state index is 11.7. The maximum absolute atomic E-state index is 11.7. The molecule has 1 aromatic rings. The molecular weight excluding hydrogens is 324 g/mol. The van der Waals surface area contributed by atoms with Crippen LogP contribution in [0.3, 0.4) is 0 Å². The smallest absolute Gasteiger partial charge is 0.338 e. The Morgan fingerprint density at radius 2 is 2.04 bits per heavy atom. The number of hydrogen-bond acceptors (Lipinski definition) is 3. The van der Waals surface area contributed by atoms with Gasteiger partial charge in [0.25, 0.3) is 0 Å². The molecule has 0 radical (unpaired) electrons. The number of rotatable bonds is 4. The van der Waals surface area contributed by atoms with Crippen molar-refractivity contribution in [2.24, 2.45) is 11.3 Å². The van der Waals surface area contributed by atoms with Crippen LogP contribution in [0, 0.1) is 11.3 Å². The lowest BCUT2D eigenvalue weighted by Crippen LogP contribution is -2.33. The van der Waals surface area contributed by atoms with Crippen LogP contribution in [0.4, 0.5) is 0 Å². The molecule has 0 saturated carbocycles. The molecule has 26 heavy (non-hydrogen) atoms. The lowest BCUT2D eigenvalue weighted by Gasteiger charge is -2.41. The number of carbonyl (C=O) groups is 1. The first-order chi connectivity index (χ1) is 12.4. The van der Waals surface area contributed by atoms with Gasteiger partial charge in [0.2, 0.25) is 0 Å². The highest BCUT2D eigenvalue weighted by atomic mass is 16.5. The van der Waals surface area contributed by atoms with E-state index in [1.54, 1.807) is 0 Å². The second-order valence-corrected chi connectivity index (χ2v) is 7.75. The van der Waals surface area contributed by atoms with Crippen LogP contribution in [-0.4, -0.2) is 19.2 Å². The molecule has 1 atom stereocenters. The number of ether oxygens (including phenoxy) is 2. The van der Waals surface area contributed by atoms with E-state index in [1.807, 2.05) is 31.2 Å². The maximum Gasteiger partial charge on any atom is 0.338 e. The molecule has 3 heteroatoms. The van der Waals surface area contributed by atoms with Crippen molar-refractivity contribution in [3.8, 4) is 0 Å². The summed E-state index contributed by atoms with van der Waals surface area (Å²) >= 11 is 0. The van der Waals surface area contributed by atoms with Crippen LogP contribution in [0.5, 0.6) is 0 Å². The molecule has 1 saturated heterocycles. The third kappa shape index (κ3) is 3.92. The second kappa shape index (κ2) is 7.53. The van der Waals surface area contributed by atoms with Crippen molar-refractivity contribution in [3.63, 3.8) is 0 Å². The SMILES string of the molecule is CCOC(=O)c1ccc(C=C(C)C2=CCC3C(=C2)OCCC3(C)C)cc1. The van der Waals surface area contributed by atoms with Crippen LogP contribution in [0.25, 0.3) is 6.08 Å². The first-order valence-corrected chi connectivity index (χ1v) is 9.41. The van der Waals surface area contributed by atoms with E-state index < -0.39 is 0 Å². The Labute approximate surface area is 156 Å². The van der Waals surface area contributed by atoms with E-state index in [0.717, 1.165) is 30.8 Å². The van der Waals surface area contributed by atoms with Gasteiger partial charge in [-0.3, -0.25) is 0 Å². The van der Waals surface area contributed by atoms with Gasteiger partial charge in [0.15, 0.2) is 0 Å². The highest BCUT2D eigenvalue weighted by Gasteiger charge is 2.37. The standard InChI is InChI=1S/C23H28O3/c1-5-25-22(24)18-8-6-17(7-9-18)14-16(2)19-10-11-20-21(15-19)26-13-12-23(20,3)4/h6-10,14-15,20H,5,11-13H2,1-4H3. The molecule has 1 aliphatic heterocycles. The molecule has 0 aromatic heterocycles. The van der Waals surface area contributed by atoms with E-state index in [-0.39, 0.29) is 5.97 Å². The monoisotopic (exact) mass is 352 g/mol. The Morgan fingerprint density at radius 3 is 2.73 bits per heavy atom. The van der Waals surface area contributed by atoms with Crippen molar-refractivity contribution < 1.29 is 14.3 Å². The van der Waals surface area contributed by atoms with Crippen molar-refractivity contribution in [1.82, 2.24) is 0 Å². The minimum absolute atomic E-state index is 0.275. The van der Waals surface area contributed by atoms with E-state index in [9.17, 15) is 4.79 Å². The van der Waals surface area contributed by atoms with Gasteiger partial charge in [-0.15, -0.1) is 0 Å². The molecule has 1 aromatic carbocycles. The lowest BCUT2D eigenvalue weighted by atomic mass is 9.70. The van der Waals surface area contributed by atoms with E-state index in [2.05, 4.69) is 39.0 Å². The summed E-state index contributed by atoms with van der Waals surface area (Å²) in [7, 11) is 0. The number of esters is 1. The number of fused-ring (bicyclic) bond motifs is 1. The molecule has 1 unspecified atom stereocenters. The third-order valence-corrected chi connectivity index (χ3v) is 5.43. The normalized spacial score (nSPS) is 21.8.